The Bertz CT molecular complexity index is 847. The quantitative estimate of drug-likeness (QED) is 0.600. The lowest BCUT2D eigenvalue weighted by Gasteiger charge is -2.08. The Hall–Kier alpha value is -2.23. The second-order valence-electron chi connectivity index (χ2n) is 5.53. The minimum atomic E-state index is -2.66. The van der Waals surface area contributed by atoms with Gasteiger partial charge in [0.05, 0.1) is 17.1 Å². The molecule has 136 valence electrons. The molecule has 2 N–H and O–H groups in total. The van der Waals surface area contributed by atoms with E-state index in [1.54, 1.807) is 25.6 Å². The normalized spacial score (nSPS) is 11.2. The summed E-state index contributed by atoms with van der Waals surface area (Å²) in [5.74, 6) is -2.92. The Kier molecular flexibility index (Phi) is 5.93. The number of thioether (sulfide) groups is 1. The van der Waals surface area contributed by atoms with Crippen LogP contribution < -0.4 is 10.9 Å². The fraction of sp³-hybridized carbons (Fsp3) is 0.467. The van der Waals surface area contributed by atoms with E-state index in [1.165, 1.54) is 0 Å². The van der Waals surface area contributed by atoms with Crippen molar-refractivity contribution in [3.63, 3.8) is 0 Å². The second-order valence-corrected chi connectivity index (χ2v) is 6.51. The highest BCUT2D eigenvalue weighted by Gasteiger charge is 2.16. The van der Waals surface area contributed by atoms with Crippen molar-refractivity contribution in [3.05, 3.63) is 33.0 Å². The van der Waals surface area contributed by atoms with Gasteiger partial charge in [-0.25, -0.2) is 4.98 Å². The van der Waals surface area contributed by atoms with Crippen molar-refractivity contribution >= 4 is 23.4 Å². The van der Waals surface area contributed by atoms with Crippen molar-refractivity contribution in [2.45, 2.75) is 44.5 Å². The summed E-state index contributed by atoms with van der Waals surface area (Å²) >= 11 is 0.179. The van der Waals surface area contributed by atoms with Gasteiger partial charge in [0.2, 0.25) is 5.91 Å². The molecule has 0 saturated carbocycles. The van der Waals surface area contributed by atoms with Gasteiger partial charge in [-0.15, -0.1) is 0 Å². The summed E-state index contributed by atoms with van der Waals surface area (Å²) in [6, 6.07) is 0. The van der Waals surface area contributed by atoms with Gasteiger partial charge < -0.3 is 10.3 Å². The van der Waals surface area contributed by atoms with Crippen LogP contribution in [0, 0.1) is 20.8 Å². The second kappa shape index (κ2) is 7.77. The Morgan fingerprint density at radius 3 is 2.52 bits per heavy atom. The van der Waals surface area contributed by atoms with Gasteiger partial charge >= 0.3 is 0 Å². The molecule has 0 spiro atoms. The van der Waals surface area contributed by atoms with Crippen LogP contribution in [0.1, 0.15) is 29.1 Å². The lowest BCUT2D eigenvalue weighted by molar-refractivity contribution is -0.116. The molecule has 1 amide bonds. The first-order valence-corrected chi connectivity index (χ1v) is 8.41. The summed E-state index contributed by atoms with van der Waals surface area (Å²) in [6.07, 6.45) is 0.235. The first-order chi connectivity index (χ1) is 11.7. The number of aromatic nitrogens is 4. The minimum absolute atomic E-state index is 0.0701. The number of halogens is 2. The van der Waals surface area contributed by atoms with Crippen LogP contribution >= 0.6 is 11.8 Å². The van der Waals surface area contributed by atoms with Gasteiger partial charge in [0.25, 0.3) is 11.3 Å². The molecule has 0 fully saturated rings. The Balaban J connectivity index is 2.06. The number of alkyl halides is 2. The maximum Gasteiger partial charge on any atom is 0.291 e. The number of rotatable bonds is 6. The van der Waals surface area contributed by atoms with Crippen LogP contribution in [0.4, 0.5) is 14.5 Å². The van der Waals surface area contributed by atoms with Crippen LogP contribution in [0.5, 0.6) is 0 Å². The lowest BCUT2D eigenvalue weighted by atomic mass is 10.1. The molecule has 2 aromatic heterocycles. The number of carbonyl (C=O) groups is 1. The van der Waals surface area contributed by atoms with E-state index in [2.05, 4.69) is 20.4 Å². The monoisotopic (exact) mass is 371 g/mol. The molecule has 10 heteroatoms. The first-order valence-electron chi connectivity index (χ1n) is 7.53. The zero-order valence-electron chi connectivity index (χ0n) is 14.3. The fourth-order valence-electron chi connectivity index (χ4n) is 2.41. The standard InChI is InChI=1S/C15H19F2N5O2S/c1-7-10(13(24)20-15(18-7)25-14(16)17)5-6-11(23)19-12-8(2)21-22(4)9(12)3/h14H,5-6H2,1-4H3,(H,19,23)(H,18,20,24). The van der Waals surface area contributed by atoms with Crippen LogP contribution in [0.15, 0.2) is 9.95 Å². The number of nitrogens with one attached hydrogen (secondary N) is 2. The number of nitrogens with zero attached hydrogens (tertiary/aromatic N) is 3. The van der Waals surface area contributed by atoms with Gasteiger partial charge in [-0.05, 0) is 39.0 Å². The van der Waals surface area contributed by atoms with E-state index < -0.39 is 11.3 Å². The number of H-pyrrole nitrogens is 1. The van der Waals surface area contributed by atoms with Gasteiger partial charge in [-0.1, -0.05) is 0 Å². The van der Waals surface area contributed by atoms with E-state index >= 15 is 0 Å². The molecule has 25 heavy (non-hydrogen) atoms. The maximum absolute atomic E-state index is 12.4. The molecule has 2 aromatic rings. The van der Waals surface area contributed by atoms with Crippen molar-refractivity contribution in [1.29, 1.82) is 0 Å². The van der Waals surface area contributed by atoms with E-state index in [1.807, 2.05) is 6.92 Å². The van der Waals surface area contributed by atoms with E-state index in [0.29, 0.717) is 22.6 Å². The van der Waals surface area contributed by atoms with Crippen molar-refractivity contribution in [3.8, 4) is 0 Å². The number of carbonyl (C=O) groups excluding carboxylic acids is 1. The number of aromatic amines is 1. The molecular weight excluding hydrogens is 352 g/mol. The zero-order valence-corrected chi connectivity index (χ0v) is 15.1. The molecule has 0 aliphatic rings. The van der Waals surface area contributed by atoms with Gasteiger partial charge in [0.15, 0.2) is 5.16 Å². The highest BCUT2D eigenvalue weighted by molar-refractivity contribution is 7.99. The van der Waals surface area contributed by atoms with E-state index in [9.17, 15) is 18.4 Å². The Labute approximate surface area is 147 Å². The highest BCUT2D eigenvalue weighted by Crippen LogP contribution is 2.21. The third-order valence-electron chi connectivity index (χ3n) is 3.78. The van der Waals surface area contributed by atoms with E-state index in [4.69, 9.17) is 0 Å². The predicted octanol–water partition coefficient (Wildman–Crippen LogP) is 2.31. The van der Waals surface area contributed by atoms with Crippen LogP contribution in [0.3, 0.4) is 0 Å². The molecule has 0 atom stereocenters. The fourth-order valence-corrected chi connectivity index (χ4v) is 2.92. The third-order valence-corrected chi connectivity index (χ3v) is 4.37. The van der Waals surface area contributed by atoms with E-state index in [0.717, 1.165) is 5.69 Å². The average Bonchev–Trinajstić information content (AvgIpc) is 2.72. The summed E-state index contributed by atoms with van der Waals surface area (Å²) in [5.41, 5.74) is 2.34. The zero-order chi connectivity index (χ0) is 18.7. The topological polar surface area (TPSA) is 92.7 Å². The van der Waals surface area contributed by atoms with Crippen molar-refractivity contribution < 1.29 is 13.6 Å². The molecule has 2 rings (SSSR count). The molecular formula is C15H19F2N5O2S. The molecule has 0 radical (unpaired) electrons. The van der Waals surface area contributed by atoms with Crippen LogP contribution in [-0.2, 0) is 18.3 Å². The first kappa shape index (κ1) is 19.1. The van der Waals surface area contributed by atoms with Crippen LogP contribution in [0.2, 0.25) is 0 Å². The van der Waals surface area contributed by atoms with E-state index in [-0.39, 0.29) is 35.7 Å². The van der Waals surface area contributed by atoms with Gasteiger partial charge in [-0.2, -0.15) is 13.9 Å². The largest absolute Gasteiger partial charge is 0.323 e. The summed E-state index contributed by atoms with van der Waals surface area (Å²) in [7, 11) is 1.78. The lowest BCUT2D eigenvalue weighted by Crippen LogP contribution is -2.20. The molecule has 0 bridgehead atoms. The van der Waals surface area contributed by atoms with Crippen molar-refractivity contribution in [2.75, 3.05) is 5.32 Å². The minimum Gasteiger partial charge on any atom is -0.323 e. The Morgan fingerprint density at radius 1 is 1.32 bits per heavy atom. The predicted molar refractivity (Wildman–Crippen MR) is 91.1 cm³/mol. The molecule has 7 nitrogen and oxygen atoms in total. The van der Waals surface area contributed by atoms with Crippen molar-refractivity contribution in [2.24, 2.45) is 7.05 Å². The molecule has 0 aromatic carbocycles. The summed E-state index contributed by atoms with van der Waals surface area (Å²) in [4.78, 5) is 30.4. The molecule has 0 saturated heterocycles. The molecule has 0 aliphatic heterocycles. The third kappa shape index (κ3) is 4.65. The number of anilines is 1. The number of hydrogen-bond acceptors (Lipinski definition) is 5. The smallest absolute Gasteiger partial charge is 0.291 e. The Morgan fingerprint density at radius 2 is 2.00 bits per heavy atom. The number of aryl methyl sites for hydroxylation is 3. The molecule has 0 unspecified atom stereocenters. The summed E-state index contributed by atoms with van der Waals surface area (Å²) in [5, 5.41) is 6.87. The summed E-state index contributed by atoms with van der Waals surface area (Å²) < 4.78 is 26.4. The van der Waals surface area contributed by atoms with Gasteiger partial charge in [0, 0.05) is 24.7 Å². The van der Waals surface area contributed by atoms with Crippen LogP contribution in [-0.4, -0.2) is 31.4 Å². The van der Waals surface area contributed by atoms with Gasteiger partial charge in [-0.3, -0.25) is 14.3 Å². The summed E-state index contributed by atoms with van der Waals surface area (Å²) in [6.45, 7) is 5.20. The van der Waals surface area contributed by atoms with Crippen molar-refractivity contribution in [1.82, 2.24) is 19.7 Å². The van der Waals surface area contributed by atoms with Crippen LogP contribution in [0.25, 0.3) is 0 Å². The molecule has 2 heterocycles. The SMILES string of the molecule is Cc1nn(C)c(C)c1NC(=O)CCc1c(C)nc(SC(F)F)[nH]c1=O. The highest BCUT2D eigenvalue weighted by atomic mass is 32.2. The number of amides is 1. The average molecular weight is 371 g/mol. The van der Waals surface area contributed by atoms with Gasteiger partial charge in [0.1, 0.15) is 0 Å². The number of hydrogen-bond donors (Lipinski definition) is 2. The molecule has 0 aliphatic carbocycles. The maximum atomic E-state index is 12.4.